The Morgan fingerprint density at radius 2 is 1.33 bits per heavy atom. The van der Waals surface area contributed by atoms with E-state index in [0.717, 1.165) is 35.5 Å². The summed E-state index contributed by atoms with van der Waals surface area (Å²) in [5, 5.41) is 53.7. The molecule has 0 spiro atoms. The standard InChI is InChI=1S/C48H73N9O12/c1-5-6-7-8-9-10-11-12-13-14-15-16-17-18-39(62)56(3)35(28-58)46(67)55-42(49)48(69)52-27-40(63)57(4)41-31-20-22-37(60)33(25-31)32-23-30(19-21-36(32)59)24-34(45(66)51-26-38(61)43(50)64)54-44(65)29(2)53-47(41)68/h19-23,25,29,34-35,38,41-42,58-61H,5-18,24,26-28,49H2,1-4H3,(H2,50,64)(H,51,66)(H,52,69)(H,53,68)(H,54,65)(H,55,67)/t29-,34-,35+,38?,41-,42-/m0/s1. The molecule has 0 aromatic heterocycles. The molecule has 4 bridgehead atoms. The minimum atomic E-state index is -1.73. The Morgan fingerprint density at radius 1 is 0.768 bits per heavy atom. The van der Waals surface area contributed by atoms with Crippen LogP contribution in [0.3, 0.4) is 0 Å². The highest BCUT2D eigenvalue weighted by Crippen LogP contribution is 2.38. The van der Waals surface area contributed by atoms with Gasteiger partial charge in [-0.25, -0.2) is 0 Å². The van der Waals surface area contributed by atoms with Crippen LogP contribution in [0.4, 0.5) is 0 Å². The molecule has 21 nitrogen and oxygen atoms in total. The summed E-state index contributed by atoms with van der Waals surface area (Å²) in [5.74, 6) is -7.48. The van der Waals surface area contributed by atoms with E-state index in [4.69, 9.17) is 11.5 Å². The smallest absolute Gasteiger partial charge is 0.257 e. The van der Waals surface area contributed by atoms with Gasteiger partial charge in [-0.2, -0.15) is 0 Å². The summed E-state index contributed by atoms with van der Waals surface area (Å²) >= 11 is 0. The number of aliphatic hydroxyl groups excluding tert-OH is 2. The van der Waals surface area contributed by atoms with E-state index in [1.54, 1.807) is 0 Å². The summed E-state index contributed by atoms with van der Waals surface area (Å²) in [4.78, 5) is 107. The Labute approximate surface area is 403 Å². The highest BCUT2D eigenvalue weighted by atomic mass is 16.3. The number of amides is 8. The molecule has 3 rings (SSSR count). The van der Waals surface area contributed by atoms with Crippen LogP contribution in [0.15, 0.2) is 36.4 Å². The normalized spacial score (nSPS) is 17.2. The monoisotopic (exact) mass is 968 g/mol. The van der Waals surface area contributed by atoms with E-state index in [1.807, 2.05) is 0 Å². The Balaban J connectivity index is 1.65. The molecule has 0 saturated carbocycles. The maximum absolute atomic E-state index is 14.1. The van der Waals surface area contributed by atoms with Gasteiger partial charge in [0.1, 0.15) is 41.8 Å². The molecule has 1 aliphatic rings. The number of nitrogens with one attached hydrogen (secondary N) is 5. The molecule has 13 N–H and O–H groups in total. The number of benzene rings is 2. The van der Waals surface area contributed by atoms with Crippen LogP contribution in [0.2, 0.25) is 0 Å². The Bertz CT molecular complexity index is 2090. The zero-order chi connectivity index (χ0) is 51.2. The van der Waals surface area contributed by atoms with E-state index in [2.05, 4.69) is 33.5 Å². The zero-order valence-corrected chi connectivity index (χ0v) is 40.3. The third kappa shape index (κ3) is 17.9. The lowest BCUT2D eigenvalue weighted by molar-refractivity contribution is -0.142. The Kier molecular flexibility index (Phi) is 23.9. The van der Waals surface area contributed by atoms with E-state index in [9.17, 15) is 58.8 Å². The molecule has 0 fully saturated rings. The molecular formula is C48H73N9O12. The fourth-order valence-electron chi connectivity index (χ4n) is 7.82. The van der Waals surface area contributed by atoms with Gasteiger partial charge < -0.3 is 68.3 Å². The fourth-order valence-corrected chi connectivity index (χ4v) is 7.82. The SMILES string of the molecule is CCCCCCCCCCCCCCCC(=O)N(C)[C@H](CO)C(=O)N[C@H](N)C(=O)NCC(=O)N(C)[C@@H]1C(=O)N[C@@H](C)C(=O)N[C@H](C(=O)NCC(O)C(N)=O)Cc2ccc(O)c(c2)-c2cc1ccc2O. The predicted molar refractivity (Wildman–Crippen MR) is 255 cm³/mol. The molecule has 6 atom stereocenters. The second kappa shape index (κ2) is 28.9. The first-order valence-corrected chi connectivity index (χ1v) is 23.8. The lowest BCUT2D eigenvalue weighted by Crippen LogP contribution is -2.59. The van der Waals surface area contributed by atoms with Crippen molar-refractivity contribution in [2.24, 2.45) is 11.5 Å². The van der Waals surface area contributed by atoms with E-state index >= 15 is 0 Å². The van der Waals surface area contributed by atoms with Gasteiger partial charge in [-0.1, -0.05) is 96.1 Å². The van der Waals surface area contributed by atoms with E-state index in [1.165, 1.54) is 109 Å². The quantitative estimate of drug-likeness (QED) is 0.0455. The number of nitrogens with zero attached hydrogens (tertiary/aromatic N) is 2. The molecule has 0 aliphatic carbocycles. The van der Waals surface area contributed by atoms with Crippen LogP contribution in [0.1, 0.15) is 121 Å². The van der Waals surface area contributed by atoms with Crippen molar-refractivity contribution < 1.29 is 58.8 Å². The minimum absolute atomic E-state index is 0.0216. The van der Waals surface area contributed by atoms with Crippen LogP contribution in [0, 0.1) is 0 Å². The van der Waals surface area contributed by atoms with Gasteiger partial charge in [0.25, 0.3) is 5.91 Å². The molecule has 0 radical (unpaired) electrons. The third-order valence-electron chi connectivity index (χ3n) is 12.2. The molecule has 8 amide bonds. The van der Waals surface area contributed by atoms with Crippen molar-refractivity contribution in [1.82, 2.24) is 36.4 Å². The van der Waals surface area contributed by atoms with Gasteiger partial charge in [0.05, 0.1) is 19.7 Å². The van der Waals surface area contributed by atoms with Gasteiger partial charge in [0.15, 0.2) is 6.17 Å². The third-order valence-corrected chi connectivity index (χ3v) is 12.2. The molecular weight excluding hydrogens is 895 g/mol. The lowest BCUT2D eigenvalue weighted by atomic mass is 9.93. The second-order valence-electron chi connectivity index (χ2n) is 17.6. The van der Waals surface area contributed by atoms with Gasteiger partial charge in [-0.3, -0.25) is 38.4 Å². The molecule has 2 aromatic rings. The lowest BCUT2D eigenvalue weighted by Gasteiger charge is -2.30. The summed E-state index contributed by atoms with van der Waals surface area (Å²) in [5.41, 5.74) is 11.6. The Hall–Kier alpha value is -6.32. The number of carbonyl (C=O) groups is 8. The highest BCUT2D eigenvalue weighted by Gasteiger charge is 2.34. The maximum atomic E-state index is 14.1. The topological polar surface area (TPSA) is 336 Å². The fraction of sp³-hybridized carbons (Fsp3) is 0.583. The molecule has 382 valence electrons. The van der Waals surface area contributed by atoms with Crippen molar-refractivity contribution in [3.63, 3.8) is 0 Å². The van der Waals surface area contributed by atoms with E-state index in [-0.39, 0.29) is 46.9 Å². The summed E-state index contributed by atoms with van der Waals surface area (Å²) < 4.78 is 0. The molecule has 1 unspecified atom stereocenters. The van der Waals surface area contributed by atoms with Gasteiger partial charge >= 0.3 is 0 Å². The number of carbonyl (C=O) groups excluding carboxylic acids is 8. The van der Waals surface area contributed by atoms with Crippen molar-refractivity contribution >= 4 is 47.3 Å². The maximum Gasteiger partial charge on any atom is 0.257 e. The number of phenols is 2. The molecule has 1 heterocycles. The number of unbranched alkanes of at least 4 members (excludes halogenated alkanes) is 12. The van der Waals surface area contributed by atoms with Crippen molar-refractivity contribution in [2.75, 3.05) is 33.8 Å². The number of nitrogens with two attached hydrogens (primary N) is 2. The number of likely N-dealkylation sites (N-methyl/N-ethyl adjacent to an activating group) is 2. The Morgan fingerprint density at radius 3 is 1.91 bits per heavy atom. The average molecular weight is 968 g/mol. The van der Waals surface area contributed by atoms with Crippen LogP contribution in [0.25, 0.3) is 11.1 Å². The first kappa shape index (κ1) is 57.0. The number of rotatable bonds is 26. The number of fused-ring (bicyclic) bond motifs is 5. The summed E-state index contributed by atoms with van der Waals surface area (Å²) in [6, 6.07) is 2.53. The molecule has 21 heteroatoms. The van der Waals surface area contributed by atoms with Crippen LogP contribution in [0.5, 0.6) is 11.5 Å². The van der Waals surface area contributed by atoms with Gasteiger partial charge in [-0.05, 0) is 48.7 Å². The van der Waals surface area contributed by atoms with Crippen molar-refractivity contribution in [3.8, 4) is 22.6 Å². The van der Waals surface area contributed by atoms with Crippen LogP contribution in [-0.4, -0.2) is 142 Å². The van der Waals surface area contributed by atoms with Gasteiger partial charge in [0, 0.05) is 38.1 Å². The first-order valence-electron chi connectivity index (χ1n) is 23.8. The number of aliphatic hydroxyl groups is 2. The largest absolute Gasteiger partial charge is 0.507 e. The number of phenolic OH excluding ortho intramolecular Hbond substituents is 2. The van der Waals surface area contributed by atoms with Gasteiger partial charge in [-0.15, -0.1) is 0 Å². The first-order chi connectivity index (χ1) is 32.8. The zero-order valence-electron chi connectivity index (χ0n) is 40.3. The molecule has 2 aromatic carbocycles. The van der Waals surface area contributed by atoms with Crippen LogP contribution < -0.4 is 38.1 Å². The van der Waals surface area contributed by atoms with Crippen LogP contribution in [-0.2, 0) is 44.8 Å². The van der Waals surface area contributed by atoms with E-state index in [0.29, 0.717) is 12.0 Å². The van der Waals surface area contributed by atoms with Crippen molar-refractivity contribution in [1.29, 1.82) is 0 Å². The van der Waals surface area contributed by atoms with Gasteiger partial charge in [0.2, 0.25) is 41.4 Å². The predicted octanol–water partition coefficient (Wildman–Crippen LogP) is 0.590. The molecule has 1 aliphatic heterocycles. The van der Waals surface area contributed by atoms with Crippen molar-refractivity contribution in [2.45, 2.75) is 147 Å². The second-order valence-corrected chi connectivity index (χ2v) is 17.6. The molecule has 69 heavy (non-hydrogen) atoms. The summed E-state index contributed by atoms with van der Waals surface area (Å²) in [7, 11) is 2.60. The van der Waals surface area contributed by atoms with Crippen molar-refractivity contribution in [3.05, 3.63) is 47.5 Å². The summed E-state index contributed by atoms with van der Waals surface area (Å²) in [6.07, 6.45) is 11.4. The molecule has 0 saturated heterocycles. The number of hydrogen-bond donors (Lipinski definition) is 11. The summed E-state index contributed by atoms with van der Waals surface area (Å²) in [6.45, 7) is 1.45. The minimum Gasteiger partial charge on any atom is -0.507 e. The number of primary amides is 1. The van der Waals surface area contributed by atoms with Crippen LogP contribution >= 0.6 is 0 Å². The van der Waals surface area contributed by atoms with E-state index < -0.39 is 97.5 Å². The number of aromatic hydroxyl groups is 2. The average Bonchev–Trinajstić information content (AvgIpc) is 3.31. The number of hydrogen-bond acceptors (Lipinski definition) is 13. The highest BCUT2D eigenvalue weighted by molar-refractivity contribution is 5.97.